The summed E-state index contributed by atoms with van der Waals surface area (Å²) in [4.78, 5) is 28.8. The Hall–Kier alpha value is -4.05. The Labute approximate surface area is 229 Å². The number of sulfonamides is 1. The molecule has 0 fully saturated rings. The maximum atomic E-state index is 14.0. The van der Waals surface area contributed by atoms with Gasteiger partial charge in [-0.2, -0.15) is 0 Å². The highest BCUT2D eigenvalue weighted by molar-refractivity contribution is 7.92. The van der Waals surface area contributed by atoms with Crippen molar-refractivity contribution in [3.8, 4) is 11.5 Å². The highest BCUT2D eigenvalue weighted by Gasteiger charge is 2.33. The minimum atomic E-state index is -3.87. The highest BCUT2D eigenvalue weighted by atomic mass is 32.2. The Balaban J connectivity index is 1.71. The van der Waals surface area contributed by atoms with Crippen LogP contribution in [-0.2, 0) is 32.6 Å². The number of carbonyl (C=O) groups is 2. The highest BCUT2D eigenvalue weighted by Crippen LogP contribution is 2.36. The second-order valence-corrected chi connectivity index (χ2v) is 11.3. The van der Waals surface area contributed by atoms with Gasteiger partial charge in [-0.3, -0.25) is 13.9 Å². The first-order valence-corrected chi connectivity index (χ1v) is 14.5. The Kier molecular flexibility index (Phi) is 8.75. The molecule has 0 bridgehead atoms. The molecule has 0 radical (unpaired) electrons. The molecule has 1 aliphatic heterocycles. The van der Waals surface area contributed by atoms with E-state index < -0.39 is 28.5 Å². The number of hydrogen-bond acceptors (Lipinski definition) is 6. The molecule has 1 aliphatic rings. The Morgan fingerprint density at radius 1 is 0.949 bits per heavy atom. The quantitative estimate of drug-likeness (QED) is 0.392. The van der Waals surface area contributed by atoms with Gasteiger partial charge in [-0.05, 0) is 37.1 Å². The maximum absolute atomic E-state index is 14.0. The fourth-order valence-electron chi connectivity index (χ4n) is 4.39. The van der Waals surface area contributed by atoms with Crippen molar-refractivity contribution < 1.29 is 27.5 Å². The lowest BCUT2D eigenvalue weighted by Gasteiger charge is -2.33. The van der Waals surface area contributed by atoms with Gasteiger partial charge in [0.2, 0.25) is 28.6 Å². The van der Waals surface area contributed by atoms with Crippen molar-refractivity contribution in [3.63, 3.8) is 0 Å². The van der Waals surface area contributed by atoms with Crippen LogP contribution >= 0.6 is 0 Å². The molecule has 1 heterocycles. The lowest BCUT2D eigenvalue weighted by atomic mass is 10.0. The van der Waals surface area contributed by atoms with E-state index >= 15 is 0 Å². The van der Waals surface area contributed by atoms with E-state index in [1.54, 1.807) is 12.1 Å². The normalized spacial score (nSPS) is 13.0. The summed E-state index contributed by atoms with van der Waals surface area (Å²) in [6, 6.07) is 21.0. The zero-order valence-corrected chi connectivity index (χ0v) is 23.1. The van der Waals surface area contributed by atoms with Crippen molar-refractivity contribution in [2.75, 3.05) is 30.4 Å². The van der Waals surface area contributed by atoms with E-state index in [-0.39, 0.29) is 31.4 Å². The molecule has 0 saturated carbocycles. The van der Waals surface area contributed by atoms with E-state index in [1.165, 1.54) is 11.0 Å². The van der Waals surface area contributed by atoms with Gasteiger partial charge in [-0.15, -0.1) is 0 Å². The monoisotopic (exact) mass is 551 g/mol. The van der Waals surface area contributed by atoms with Gasteiger partial charge in [-0.1, -0.05) is 60.2 Å². The largest absolute Gasteiger partial charge is 0.454 e. The first-order valence-electron chi connectivity index (χ1n) is 12.7. The maximum Gasteiger partial charge on any atom is 0.244 e. The van der Waals surface area contributed by atoms with Crippen LogP contribution in [0.1, 0.15) is 23.6 Å². The number of hydrogen-bond donors (Lipinski definition) is 1. The number of anilines is 1. The summed E-state index contributed by atoms with van der Waals surface area (Å²) in [6.45, 7) is 3.85. The van der Waals surface area contributed by atoms with Gasteiger partial charge in [0.05, 0.1) is 11.9 Å². The molecule has 3 aromatic carbocycles. The Morgan fingerprint density at radius 2 is 1.64 bits per heavy atom. The molecule has 0 spiro atoms. The fourth-order valence-corrected chi connectivity index (χ4v) is 5.23. The number of carbonyl (C=O) groups excluding carboxylic acids is 2. The molecule has 0 aromatic heterocycles. The van der Waals surface area contributed by atoms with E-state index in [0.717, 1.165) is 27.3 Å². The Morgan fingerprint density at radius 3 is 2.31 bits per heavy atom. The third-order valence-corrected chi connectivity index (χ3v) is 7.56. The predicted octanol–water partition coefficient (Wildman–Crippen LogP) is 3.27. The molecule has 10 heteroatoms. The molecular formula is C29H33N3O6S. The van der Waals surface area contributed by atoms with Crippen LogP contribution in [0.4, 0.5) is 5.69 Å². The number of rotatable bonds is 11. The van der Waals surface area contributed by atoms with Gasteiger partial charge in [0.1, 0.15) is 12.6 Å². The van der Waals surface area contributed by atoms with Gasteiger partial charge < -0.3 is 19.7 Å². The van der Waals surface area contributed by atoms with Crippen LogP contribution in [0.25, 0.3) is 0 Å². The van der Waals surface area contributed by atoms with Crippen LogP contribution in [0.15, 0.2) is 72.8 Å². The van der Waals surface area contributed by atoms with Crippen LogP contribution < -0.4 is 19.1 Å². The molecule has 4 rings (SSSR count). The average molecular weight is 552 g/mol. The van der Waals surface area contributed by atoms with Crippen molar-refractivity contribution >= 4 is 27.5 Å². The zero-order valence-electron chi connectivity index (χ0n) is 22.3. The topological polar surface area (TPSA) is 105 Å². The van der Waals surface area contributed by atoms with E-state index in [2.05, 4.69) is 5.32 Å². The first kappa shape index (κ1) is 28.0. The molecule has 1 N–H and O–H groups in total. The smallest absolute Gasteiger partial charge is 0.244 e. The van der Waals surface area contributed by atoms with Crippen molar-refractivity contribution in [1.82, 2.24) is 10.2 Å². The number of benzene rings is 3. The number of likely N-dealkylation sites (N-methyl/N-ethyl adjacent to an activating group) is 1. The SMILES string of the molecule is CCNC(=O)[C@H](Cc1ccccc1)N(Cc1ccc(C)cc1)C(=O)CN(c1ccc2c(c1)OCO2)S(C)(=O)=O. The molecule has 1 atom stereocenters. The molecule has 9 nitrogen and oxygen atoms in total. The average Bonchev–Trinajstić information content (AvgIpc) is 3.38. The van der Waals surface area contributed by atoms with Gasteiger partial charge in [0.25, 0.3) is 0 Å². The summed E-state index contributed by atoms with van der Waals surface area (Å²) in [5, 5.41) is 2.84. The molecule has 0 aliphatic carbocycles. The van der Waals surface area contributed by atoms with Crippen molar-refractivity contribution in [3.05, 3.63) is 89.5 Å². The molecule has 3 aromatic rings. The molecule has 39 heavy (non-hydrogen) atoms. The summed E-state index contributed by atoms with van der Waals surface area (Å²) < 4.78 is 37.6. The standard InChI is InChI=1S/C29H33N3O6S/c1-4-30-29(34)25(16-22-8-6-5-7-9-22)31(18-23-12-10-21(2)11-13-23)28(33)19-32(39(3,35)36)24-14-15-26-27(17-24)38-20-37-26/h5-15,17,25H,4,16,18-20H2,1-3H3,(H,30,34)/t25-/m0/s1. The predicted molar refractivity (Wildman–Crippen MR) is 149 cm³/mol. The second-order valence-electron chi connectivity index (χ2n) is 9.41. The Bertz CT molecular complexity index is 1410. The van der Waals surface area contributed by atoms with Crippen LogP contribution in [0.2, 0.25) is 0 Å². The minimum Gasteiger partial charge on any atom is -0.454 e. The summed E-state index contributed by atoms with van der Waals surface area (Å²) in [6.07, 6.45) is 1.31. The number of ether oxygens (including phenoxy) is 2. The van der Waals surface area contributed by atoms with E-state index in [9.17, 15) is 18.0 Å². The number of aryl methyl sites for hydroxylation is 1. The van der Waals surface area contributed by atoms with E-state index in [0.29, 0.717) is 18.0 Å². The molecule has 0 unspecified atom stereocenters. The van der Waals surface area contributed by atoms with Crippen molar-refractivity contribution in [1.29, 1.82) is 0 Å². The molecular weight excluding hydrogens is 518 g/mol. The van der Waals surface area contributed by atoms with Gasteiger partial charge in [-0.25, -0.2) is 8.42 Å². The number of nitrogens with zero attached hydrogens (tertiary/aromatic N) is 2. The minimum absolute atomic E-state index is 0.0363. The molecule has 0 saturated heterocycles. The summed E-state index contributed by atoms with van der Waals surface area (Å²) in [5.41, 5.74) is 3.03. The lowest BCUT2D eigenvalue weighted by molar-refractivity contribution is -0.140. The number of fused-ring (bicyclic) bond motifs is 1. The fraction of sp³-hybridized carbons (Fsp3) is 0.310. The number of amides is 2. The van der Waals surface area contributed by atoms with Crippen molar-refractivity contribution in [2.45, 2.75) is 32.9 Å². The van der Waals surface area contributed by atoms with Gasteiger partial charge >= 0.3 is 0 Å². The van der Waals surface area contributed by atoms with Crippen LogP contribution in [-0.4, -0.2) is 57.3 Å². The first-order chi connectivity index (χ1) is 18.7. The third kappa shape index (κ3) is 7.08. The van der Waals surface area contributed by atoms with Crippen LogP contribution in [0.5, 0.6) is 11.5 Å². The molecule has 2 amide bonds. The number of nitrogens with one attached hydrogen (secondary N) is 1. The van der Waals surface area contributed by atoms with Crippen molar-refractivity contribution in [2.24, 2.45) is 0 Å². The summed E-state index contributed by atoms with van der Waals surface area (Å²) in [5.74, 6) is 0.0785. The van der Waals surface area contributed by atoms with Crippen LogP contribution in [0, 0.1) is 6.92 Å². The molecule has 206 valence electrons. The van der Waals surface area contributed by atoms with Gasteiger partial charge in [0, 0.05) is 25.6 Å². The van der Waals surface area contributed by atoms with E-state index in [4.69, 9.17) is 9.47 Å². The summed E-state index contributed by atoms with van der Waals surface area (Å²) >= 11 is 0. The van der Waals surface area contributed by atoms with Gasteiger partial charge in [0.15, 0.2) is 11.5 Å². The summed E-state index contributed by atoms with van der Waals surface area (Å²) in [7, 11) is -3.87. The lowest BCUT2D eigenvalue weighted by Crippen LogP contribution is -2.53. The van der Waals surface area contributed by atoms with E-state index in [1.807, 2.05) is 68.4 Å². The second kappa shape index (κ2) is 12.2. The third-order valence-electron chi connectivity index (χ3n) is 6.42. The zero-order chi connectivity index (χ0) is 28.0. The van der Waals surface area contributed by atoms with Crippen LogP contribution in [0.3, 0.4) is 0 Å².